The number of likely N-dealkylation sites (tertiary alicyclic amines) is 1. The number of piperidine rings is 1. The van der Waals surface area contributed by atoms with E-state index in [0.29, 0.717) is 36.2 Å². The number of carbonyl (C=O) groups excluding carboxylic acids is 1. The Morgan fingerprint density at radius 2 is 2.03 bits per heavy atom. The first-order valence-electron chi connectivity index (χ1n) is 10.5. The first kappa shape index (κ1) is 21.1. The van der Waals surface area contributed by atoms with Crippen LogP contribution in [0.25, 0.3) is 11.4 Å². The molecule has 2 heterocycles. The van der Waals surface area contributed by atoms with Crippen molar-refractivity contribution in [2.75, 3.05) is 27.3 Å². The highest BCUT2D eigenvalue weighted by Crippen LogP contribution is 2.33. The molecule has 1 aliphatic heterocycles. The van der Waals surface area contributed by atoms with Crippen LogP contribution in [0.1, 0.15) is 63.7 Å². The second-order valence-corrected chi connectivity index (χ2v) is 7.52. The summed E-state index contributed by atoms with van der Waals surface area (Å²) in [5, 5.41) is 4.15. The molecule has 1 atom stereocenters. The summed E-state index contributed by atoms with van der Waals surface area (Å²) in [6.07, 6.45) is 7.01. The molecule has 2 aromatic rings. The van der Waals surface area contributed by atoms with E-state index in [1.807, 2.05) is 23.1 Å². The molecule has 1 aliphatic rings. The van der Waals surface area contributed by atoms with Gasteiger partial charge in [-0.05, 0) is 37.5 Å². The van der Waals surface area contributed by atoms with Gasteiger partial charge < -0.3 is 18.9 Å². The van der Waals surface area contributed by atoms with E-state index < -0.39 is 0 Å². The lowest BCUT2D eigenvalue weighted by Gasteiger charge is -2.31. The van der Waals surface area contributed by atoms with E-state index in [2.05, 4.69) is 17.1 Å². The molecule has 0 spiro atoms. The van der Waals surface area contributed by atoms with E-state index in [1.165, 1.54) is 12.8 Å². The number of unbranched alkanes of at least 4 members (excludes halogenated alkanes) is 3. The SMILES string of the molecule is CCCCCCC(=O)N1CCCC(c2nc(-c3ccc(OC)c(OC)c3)no2)C1. The first-order chi connectivity index (χ1) is 14.2. The van der Waals surface area contributed by atoms with Crippen molar-refractivity contribution in [1.82, 2.24) is 15.0 Å². The van der Waals surface area contributed by atoms with E-state index in [1.54, 1.807) is 14.2 Å². The quantitative estimate of drug-likeness (QED) is 0.579. The largest absolute Gasteiger partial charge is 0.493 e. The van der Waals surface area contributed by atoms with Crippen molar-refractivity contribution in [2.24, 2.45) is 0 Å². The number of hydrogen-bond acceptors (Lipinski definition) is 6. The van der Waals surface area contributed by atoms with Gasteiger partial charge >= 0.3 is 0 Å². The van der Waals surface area contributed by atoms with Crippen LogP contribution in [0.4, 0.5) is 0 Å². The summed E-state index contributed by atoms with van der Waals surface area (Å²) >= 11 is 0. The zero-order valence-electron chi connectivity index (χ0n) is 17.6. The van der Waals surface area contributed by atoms with Gasteiger partial charge in [-0.1, -0.05) is 31.3 Å². The Hall–Kier alpha value is -2.57. The third-order valence-corrected chi connectivity index (χ3v) is 5.45. The van der Waals surface area contributed by atoms with Crippen molar-refractivity contribution < 1.29 is 18.8 Å². The minimum atomic E-state index is 0.0877. The second-order valence-electron chi connectivity index (χ2n) is 7.52. The summed E-state index contributed by atoms with van der Waals surface area (Å²) in [5.41, 5.74) is 0.803. The van der Waals surface area contributed by atoms with Gasteiger partial charge in [-0.2, -0.15) is 4.98 Å². The number of hydrogen-bond donors (Lipinski definition) is 0. The molecular weight excluding hydrogens is 370 g/mol. The average molecular weight is 402 g/mol. The Morgan fingerprint density at radius 3 is 2.79 bits per heavy atom. The van der Waals surface area contributed by atoms with Crippen molar-refractivity contribution in [2.45, 2.75) is 57.8 Å². The second kappa shape index (κ2) is 10.3. The number of rotatable bonds is 9. The predicted octanol–water partition coefficient (Wildman–Crippen LogP) is 4.43. The fourth-order valence-electron chi connectivity index (χ4n) is 3.76. The third-order valence-electron chi connectivity index (χ3n) is 5.45. The van der Waals surface area contributed by atoms with Crippen LogP contribution in [-0.4, -0.2) is 48.3 Å². The van der Waals surface area contributed by atoms with Gasteiger partial charge in [-0.25, -0.2) is 0 Å². The zero-order chi connectivity index (χ0) is 20.6. The van der Waals surface area contributed by atoms with Crippen molar-refractivity contribution >= 4 is 5.91 Å². The topological polar surface area (TPSA) is 77.7 Å². The van der Waals surface area contributed by atoms with Gasteiger partial charge in [0, 0.05) is 25.1 Å². The molecule has 1 fully saturated rings. The fraction of sp³-hybridized carbons (Fsp3) is 0.591. The van der Waals surface area contributed by atoms with Crippen LogP contribution in [0.15, 0.2) is 22.7 Å². The molecule has 0 saturated carbocycles. The zero-order valence-corrected chi connectivity index (χ0v) is 17.6. The Bertz CT molecular complexity index is 805. The molecule has 0 bridgehead atoms. The highest BCUT2D eigenvalue weighted by atomic mass is 16.5. The smallest absolute Gasteiger partial charge is 0.231 e. The maximum atomic E-state index is 12.5. The highest BCUT2D eigenvalue weighted by molar-refractivity contribution is 5.76. The van der Waals surface area contributed by atoms with Gasteiger partial charge in [0.25, 0.3) is 0 Å². The molecule has 1 aromatic heterocycles. The normalized spacial score (nSPS) is 16.7. The summed E-state index contributed by atoms with van der Waals surface area (Å²) in [6, 6.07) is 5.53. The van der Waals surface area contributed by atoms with Crippen LogP contribution in [0.3, 0.4) is 0 Å². The Kier molecular flexibility index (Phi) is 7.49. The molecule has 1 unspecified atom stereocenters. The van der Waals surface area contributed by atoms with Crippen molar-refractivity contribution in [3.63, 3.8) is 0 Å². The summed E-state index contributed by atoms with van der Waals surface area (Å²) in [5.74, 6) is 2.71. The fourth-order valence-corrected chi connectivity index (χ4v) is 3.76. The maximum absolute atomic E-state index is 12.5. The number of methoxy groups -OCH3 is 2. The van der Waals surface area contributed by atoms with Gasteiger partial charge in [0.05, 0.1) is 20.1 Å². The van der Waals surface area contributed by atoms with Crippen molar-refractivity contribution in [3.8, 4) is 22.9 Å². The van der Waals surface area contributed by atoms with Gasteiger partial charge in [-0.3, -0.25) is 4.79 Å². The van der Waals surface area contributed by atoms with Crippen LogP contribution in [-0.2, 0) is 4.79 Å². The molecule has 0 aliphatic carbocycles. The Labute approximate surface area is 172 Å². The first-order valence-corrected chi connectivity index (χ1v) is 10.5. The lowest BCUT2D eigenvalue weighted by molar-refractivity contribution is -0.132. The number of benzene rings is 1. The van der Waals surface area contributed by atoms with Gasteiger partial charge in [-0.15, -0.1) is 0 Å². The number of ether oxygens (including phenoxy) is 2. The van der Waals surface area contributed by atoms with Crippen molar-refractivity contribution in [1.29, 1.82) is 0 Å². The van der Waals surface area contributed by atoms with E-state index in [4.69, 9.17) is 14.0 Å². The molecule has 1 saturated heterocycles. The van der Waals surface area contributed by atoms with Crippen LogP contribution >= 0.6 is 0 Å². The monoisotopic (exact) mass is 401 g/mol. The van der Waals surface area contributed by atoms with E-state index in [-0.39, 0.29) is 11.8 Å². The maximum Gasteiger partial charge on any atom is 0.231 e. The van der Waals surface area contributed by atoms with E-state index in [0.717, 1.165) is 37.8 Å². The summed E-state index contributed by atoms with van der Waals surface area (Å²) in [6.45, 7) is 3.65. The van der Waals surface area contributed by atoms with Crippen LogP contribution in [0.2, 0.25) is 0 Å². The molecule has 1 aromatic carbocycles. The van der Waals surface area contributed by atoms with Crippen LogP contribution in [0, 0.1) is 0 Å². The van der Waals surface area contributed by atoms with E-state index in [9.17, 15) is 4.79 Å². The Balaban J connectivity index is 1.64. The number of aromatic nitrogens is 2. The Morgan fingerprint density at radius 1 is 1.21 bits per heavy atom. The molecule has 3 rings (SSSR count). The summed E-state index contributed by atoms with van der Waals surface area (Å²) in [7, 11) is 3.20. The minimum Gasteiger partial charge on any atom is -0.493 e. The number of amides is 1. The van der Waals surface area contributed by atoms with Gasteiger partial charge in [0.2, 0.25) is 17.6 Å². The molecule has 0 radical (unpaired) electrons. The molecule has 0 N–H and O–H groups in total. The van der Waals surface area contributed by atoms with Crippen LogP contribution < -0.4 is 9.47 Å². The highest BCUT2D eigenvalue weighted by Gasteiger charge is 2.28. The predicted molar refractivity (Wildman–Crippen MR) is 110 cm³/mol. The summed E-state index contributed by atoms with van der Waals surface area (Å²) in [4.78, 5) is 19.1. The van der Waals surface area contributed by atoms with E-state index >= 15 is 0 Å². The standard InChI is InChI=1S/C22H31N3O4/c1-4-5-6-7-10-20(26)25-13-8-9-17(15-25)22-23-21(24-29-22)16-11-12-18(27-2)19(14-16)28-3/h11-12,14,17H,4-10,13,15H2,1-3H3. The molecule has 7 heteroatoms. The summed E-state index contributed by atoms with van der Waals surface area (Å²) < 4.78 is 16.2. The van der Waals surface area contributed by atoms with Gasteiger partial charge in [0.15, 0.2) is 11.5 Å². The number of carbonyl (C=O) groups is 1. The molecular formula is C22H31N3O4. The van der Waals surface area contributed by atoms with Crippen molar-refractivity contribution in [3.05, 3.63) is 24.1 Å². The lowest BCUT2D eigenvalue weighted by Crippen LogP contribution is -2.39. The lowest BCUT2D eigenvalue weighted by atomic mass is 9.97. The molecule has 7 nitrogen and oxygen atoms in total. The minimum absolute atomic E-state index is 0.0877. The number of nitrogens with zero attached hydrogens (tertiary/aromatic N) is 3. The van der Waals surface area contributed by atoms with Crippen LogP contribution in [0.5, 0.6) is 11.5 Å². The molecule has 158 valence electrons. The molecule has 29 heavy (non-hydrogen) atoms. The third kappa shape index (κ3) is 5.28. The van der Waals surface area contributed by atoms with Gasteiger partial charge in [0.1, 0.15) is 0 Å². The molecule has 1 amide bonds. The average Bonchev–Trinajstić information content (AvgIpc) is 3.26.